The van der Waals surface area contributed by atoms with E-state index >= 15 is 0 Å². The number of aromatic amines is 1. The van der Waals surface area contributed by atoms with Crippen LogP contribution in [0, 0.1) is 18.3 Å². The molecule has 8 heteroatoms. The fourth-order valence-electron chi connectivity index (χ4n) is 3.44. The Hall–Kier alpha value is -2.47. The number of benzene rings is 1. The molecule has 0 radical (unpaired) electrons. The van der Waals surface area contributed by atoms with Gasteiger partial charge in [-0.25, -0.2) is 4.98 Å². The summed E-state index contributed by atoms with van der Waals surface area (Å²) in [5, 5.41) is 20.9. The molecule has 5 N–H and O–H groups in total. The number of fused-ring (bicyclic) bond motifs is 1. The summed E-state index contributed by atoms with van der Waals surface area (Å²) < 4.78 is 5.38. The molecule has 29 heavy (non-hydrogen) atoms. The Morgan fingerprint density at radius 1 is 1.21 bits per heavy atom. The lowest BCUT2D eigenvalue weighted by molar-refractivity contribution is -0.908. The second-order valence-electron chi connectivity index (χ2n) is 7.34. The third-order valence-electron chi connectivity index (χ3n) is 5.06. The van der Waals surface area contributed by atoms with Crippen molar-refractivity contribution in [1.29, 1.82) is 5.26 Å². The minimum atomic E-state index is 0.604. The maximum Gasteiger partial charge on any atom is 0.290 e. The lowest BCUT2D eigenvalue weighted by atomic mass is 10.1. The highest BCUT2D eigenvalue weighted by Crippen LogP contribution is 2.17. The molecule has 1 aliphatic rings. The van der Waals surface area contributed by atoms with Gasteiger partial charge in [0, 0.05) is 18.4 Å². The van der Waals surface area contributed by atoms with Crippen molar-refractivity contribution >= 4 is 34.1 Å². The van der Waals surface area contributed by atoms with Crippen LogP contribution in [0.2, 0.25) is 0 Å². The Kier molecular flexibility index (Phi) is 7.99. The van der Waals surface area contributed by atoms with Gasteiger partial charge in [-0.05, 0) is 36.8 Å². The number of nitriles is 1. The molecule has 0 aliphatic carbocycles. The zero-order valence-electron chi connectivity index (χ0n) is 16.9. The van der Waals surface area contributed by atoms with Crippen LogP contribution in [0.3, 0.4) is 0 Å². The highest BCUT2D eigenvalue weighted by molar-refractivity contribution is 7.80. The second kappa shape index (κ2) is 10.9. The normalized spacial score (nSPS) is 14.3. The molecule has 0 spiro atoms. The number of quaternary nitrogens is 1. The van der Waals surface area contributed by atoms with E-state index in [0.717, 1.165) is 62.5 Å². The van der Waals surface area contributed by atoms with Crippen LogP contribution in [0.15, 0.2) is 24.3 Å². The Balaban J connectivity index is 1.37. The van der Waals surface area contributed by atoms with Crippen molar-refractivity contribution in [1.82, 2.24) is 10.6 Å². The standard InChI is InChI=1S/C21H28N6OS/c1-16-3-4-17-14-18(15-22)20(26-19(17)13-16)23-6-7-25-21(29)24-5-2-8-27-9-11-28-12-10-27/h3-4,13-14H,2,5-12H2,1H3,(H,23,26)(H2,24,25,29)/p+2. The number of anilines is 1. The summed E-state index contributed by atoms with van der Waals surface area (Å²) in [5.74, 6) is 0.736. The zero-order valence-corrected chi connectivity index (χ0v) is 17.8. The monoisotopic (exact) mass is 414 g/mol. The Bertz CT molecular complexity index is 875. The highest BCUT2D eigenvalue weighted by atomic mass is 32.1. The summed E-state index contributed by atoms with van der Waals surface area (Å²) >= 11 is 5.34. The van der Waals surface area contributed by atoms with E-state index < -0.39 is 0 Å². The van der Waals surface area contributed by atoms with Gasteiger partial charge < -0.3 is 20.3 Å². The van der Waals surface area contributed by atoms with Crippen LogP contribution in [0.25, 0.3) is 10.9 Å². The number of hydrogen-bond acceptors (Lipinski definition) is 4. The summed E-state index contributed by atoms with van der Waals surface area (Å²) in [6.07, 6.45) is 1.09. The number of nitrogens with one attached hydrogen (secondary N) is 5. The first-order chi connectivity index (χ1) is 14.2. The molecular formula is C21H30N6OS+2. The van der Waals surface area contributed by atoms with Gasteiger partial charge in [0.2, 0.25) is 0 Å². The van der Waals surface area contributed by atoms with Gasteiger partial charge in [-0.2, -0.15) is 5.26 Å². The minimum Gasteiger partial charge on any atom is -0.370 e. The number of ether oxygens (including phenoxy) is 1. The van der Waals surface area contributed by atoms with Gasteiger partial charge in [0.15, 0.2) is 5.11 Å². The Morgan fingerprint density at radius 3 is 2.79 bits per heavy atom. The van der Waals surface area contributed by atoms with E-state index in [1.165, 1.54) is 5.56 Å². The maximum atomic E-state index is 9.43. The number of morpholine rings is 1. The van der Waals surface area contributed by atoms with Crippen LogP contribution in [0.1, 0.15) is 17.5 Å². The molecule has 0 amide bonds. The van der Waals surface area contributed by atoms with Gasteiger partial charge >= 0.3 is 0 Å². The maximum absolute atomic E-state index is 9.43. The fraction of sp³-hybridized carbons (Fsp3) is 0.476. The van der Waals surface area contributed by atoms with Crippen molar-refractivity contribution in [2.24, 2.45) is 0 Å². The summed E-state index contributed by atoms with van der Waals surface area (Å²) in [5.41, 5.74) is 2.80. The number of H-pyrrole nitrogens is 1. The largest absolute Gasteiger partial charge is 0.370 e. The van der Waals surface area contributed by atoms with Crippen LogP contribution < -0.4 is 25.8 Å². The van der Waals surface area contributed by atoms with Crippen LogP contribution in [-0.4, -0.2) is 57.6 Å². The topological polar surface area (TPSA) is 87.7 Å². The van der Waals surface area contributed by atoms with Gasteiger partial charge in [0.05, 0.1) is 26.3 Å². The summed E-state index contributed by atoms with van der Waals surface area (Å²) in [4.78, 5) is 4.93. The lowest BCUT2D eigenvalue weighted by Gasteiger charge is -2.23. The summed E-state index contributed by atoms with van der Waals surface area (Å²) in [7, 11) is 0. The molecule has 0 bridgehead atoms. The van der Waals surface area contributed by atoms with E-state index in [2.05, 4.69) is 40.0 Å². The van der Waals surface area contributed by atoms with Crippen molar-refractivity contribution in [3.8, 4) is 6.07 Å². The fourth-order valence-corrected chi connectivity index (χ4v) is 3.64. The van der Waals surface area contributed by atoms with Gasteiger partial charge in [-0.3, -0.25) is 5.32 Å². The van der Waals surface area contributed by atoms with Gasteiger partial charge in [-0.1, -0.05) is 12.1 Å². The van der Waals surface area contributed by atoms with Crippen molar-refractivity contribution in [3.63, 3.8) is 0 Å². The quantitative estimate of drug-likeness (QED) is 0.360. The van der Waals surface area contributed by atoms with Crippen LogP contribution >= 0.6 is 12.2 Å². The molecule has 2 aromatic rings. The molecule has 154 valence electrons. The average molecular weight is 415 g/mol. The molecule has 1 saturated heterocycles. The van der Waals surface area contributed by atoms with E-state index in [0.29, 0.717) is 23.8 Å². The van der Waals surface area contributed by atoms with Crippen LogP contribution in [0.5, 0.6) is 0 Å². The second-order valence-corrected chi connectivity index (χ2v) is 7.74. The molecular weight excluding hydrogens is 384 g/mol. The van der Waals surface area contributed by atoms with Crippen molar-refractivity contribution in [2.75, 3.05) is 57.8 Å². The SMILES string of the molecule is Cc1ccc2cc(C#N)c(NCCNC(=S)NCCC[NH+]3CCOCC3)[nH+]c2c1. The zero-order chi connectivity index (χ0) is 20.5. The molecule has 1 aliphatic heterocycles. The molecule has 0 saturated carbocycles. The first kappa shape index (κ1) is 21.2. The molecule has 2 heterocycles. The van der Waals surface area contributed by atoms with Gasteiger partial charge in [0.25, 0.3) is 5.82 Å². The van der Waals surface area contributed by atoms with Crippen molar-refractivity contribution in [3.05, 3.63) is 35.4 Å². The third kappa shape index (κ3) is 6.53. The minimum absolute atomic E-state index is 0.604. The molecule has 7 nitrogen and oxygen atoms in total. The smallest absolute Gasteiger partial charge is 0.290 e. The van der Waals surface area contributed by atoms with Crippen molar-refractivity contribution < 1.29 is 14.6 Å². The first-order valence-electron chi connectivity index (χ1n) is 10.2. The summed E-state index contributed by atoms with van der Waals surface area (Å²) in [6, 6.07) is 10.3. The highest BCUT2D eigenvalue weighted by Gasteiger charge is 2.13. The number of pyridine rings is 1. The summed E-state index contributed by atoms with van der Waals surface area (Å²) in [6.45, 7) is 9.35. The number of aryl methyl sites for hydroxylation is 1. The number of aromatic nitrogens is 1. The van der Waals surface area contributed by atoms with E-state index in [-0.39, 0.29) is 0 Å². The van der Waals surface area contributed by atoms with E-state index in [1.54, 1.807) is 4.90 Å². The molecule has 1 aromatic heterocycles. The first-order valence-corrected chi connectivity index (χ1v) is 10.6. The Labute approximate surface area is 177 Å². The average Bonchev–Trinajstić information content (AvgIpc) is 2.74. The number of thiocarbonyl (C=S) groups is 1. The molecule has 3 rings (SSSR count). The molecule has 1 fully saturated rings. The van der Waals surface area contributed by atoms with Gasteiger partial charge in [0.1, 0.15) is 36.8 Å². The number of nitrogens with zero attached hydrogens (tertiary/aromatic N) is 1. The predicted molar refractivity (Wildman–Crippen MR) is 118 cm³/mol. The molecule has 1 aromatic carbocycles. The third-order valence-corrected chi connectivity index (χ3v) is 5.35. The number of hydrogen-bond donors (Lipinski definition) is 4. The predicted octanol–water partition coefficient (Wildman–Crippen LogP) is 0.0152. The number of rotatable bonds is 8. The van der Waals surface area contributed by atoms with E-state index in [9.17, 15) is 5.26 Å². The molecule has 0 unspecified atom stereocenters. The van der Waals surface area contributed by atoms with Crippen molar-refractivity contribution in [2.45, 2.75) is 13.3 Å². The lowest BCUT2D eigenvalue weighted by Crippen LogP contribution is -3.14. The molecule has 0 atom stereocenters. The van der Waals surface area contributed by atoms with Crippen LogP contribution in [0.4, 0.5) is 5.82 Å². The van der Waals surface area contributed by atoms with Gasteiger partial charge in [-0.15, -0.1) is 0 Å². The van der Waals surface area contributed by atoms with E-state index in [1.807, 2.05) is 18.2 Å². The van der Waals surface area contributed by atoms with E-state index in [4.69, 9.17) is 17.0 Å². The Morgan fingerprint density at radius 2 is 2.00 bits per heavy atom. The van der Waals surface area contributed by atoms with Crippen LogP contribution in [-0.2, 0) is 4.74 Å².